The first kappa shape index (κ1) is 11.8. The summed E-state index contributed by atoms with van der Waals surface area (Å²) in [7, 11) is 0. The number of nitrogens with one attached hydrogen (secondary N) is 1. The summed E-state index contributed by atoms with van der Waals surface area (Å²) in [4.78, 5) is 0.975. The Kier molecular flexibility index (Phi) is 2.63. The predicted molar refractivity (Wildman–Crippen MR) is 74.7 cm³/mol. The maximum Gasteiger partial charge on any atom is 0.234 e. The number of fused-ring (bicyclic) bond motifs is 1. The molecule has 0 spiro atoms. The molecule has 0 radical (unpaired) electrons. The highest BCUT2D eigenvalue weighted by Crippen LogP contribution is 2.42. The van der Waals surface area contributed by atoms with Crippen LogP contribution in [0.2, 0.25) is 0 Å². The third-order valence-electron chi connectivity index (χ3n) is 4.65. The van der Waals surface area contributed by atoms with E-state index in [9.17, 15) is 0 Å². The van der Waals surface area contributed by atoms with Gasteiger partial charge in [-0.1, -0.05) is 18.3 Å². The van der Waals surface area contributed by atoms with E-state index in [0.717, 1.165) is 30.3 Å². The van der Waals surface area contributed by atoms with Crippen molar-refractivity contribution >= 4 is 16.3 Å². The monoisotopic (exact) mass is 277 g/mol. The molecule has 0 aromatic carbocycles. The van der Waals surface area contributed by atoms with E-state index in [-0.39, 0.29) is 5.41 Å². The fraction of sp³-hybridized carbons (Fsp3) is 0.769. The lowest BCUT2D eigenvalue weighted by Crippen LogP contribution is -2.39. The molecular weight excluding hydrogens is 258 g/mol. The summed E-state index contributed by atoms with van der Waals surface area (Å²) in [5, 5.41) is 18.2. The van der Waals surface area contributed by atoms with E-state index in [2.05, 4.69) is 22.4 Å². The van der Waals surface area contributed by atoms with Gasteiger partial charge in [-0.25, -0.2) is 0 Å². The van der Waals surface area contributed by atoms with E-state index >= 15 is 0 Å². The van der Waals surface area contributed by atoms with Crippen molar-refractivity contribution in [3.05, 3.63) is 10.8 Å². The largest absolute Gasteiger partial charge is 0.317 e. The maximum atomic E-state index is 4.88. The third-order valence-corrected chi connectivity index (χ3v) is 5.79. The van der Waals surface area contributed by atoms with Gasteiger partial charge in [-0.2, -0.15) is 9.61 Å². The maximum absolute atomic E-state index is 4.88. The van der Waals surface area contributed by atoms with E-state index in [1.54, 1.807) is 11.3 Å². The zero-order valence-corrected chi connectivity index (χ0v) is 12.0. The number of nitrogens with zero attached hydrogens (tertiary/aromatic N) is 4. The molecule has 4 rings (SSSR count). The van der Waals surface area contributed by atoms with Crippen molar-refractivity contribution in [3.63, 3.8) is 0 Å². The average molecular weight is 277 g/mol. The van der Waals surface area contributed by atoms with E-state index in [0.29, 0.717) is 5.92 Å². The Morgan fingerprint density at radius 1 is 1.32 bits per heavy atom. The van der Waals surface area contributed by atoms with E-state index in [4.69, 9.17) is 5.10 Å². The van der Waals surface area contributed by atoms with Crippen LogP contribution in [0.3, 0.4) is 0 Å². The normalized spacial score (nSPS) is 23.0. The summed E-state index contributed by atoms with van der Waals surface area (Å²) in [6.07, 6.45) is 6.03. The second kappa shape index (κ2) is 4.24. The Morgan fingerprint density at radius 3 is 2.79 bits per heavy atom. The molecule has 2 aromatic rings. The van der Waals surface area contributed by atoms with Crippen molar-refractivity contribution in [2.45, 2.75) is 50.4 Å². The number of hydrogen-bond donors (Lipinski definition) is 1. The first-order valence-corrected chi connectivity index (χ1v) is 8.07. The van der Waals surface area contributed by atoms with E-state index in [1.807, 2.05) is 4.52 Å². The zero-order chi connectivity index (χ0) is 12.9. The minimum Gasteiger partial charge on any atom is -0.317 e. The molecule has 2 fully saturated rings. The topological polar surface area (TPSA) is 55.1 Å². The Labute approximate surface area is 116 Å². The highest BCUT2D eigenvalue weighted by Gasteiger charge is 2.37. The minimum absolute atomic E-state index is 0.261. The second-order valence-electron chi connectivity index (χ2n) is 5.82. The Bertz CT molecular complexity index is 591. The SMILES string of the molecule is CCC1(c2nn3c(C4CC4)nnc3s2)CCNCC1. The zero-order valence-electron chi connectivity index (χ0n) is 11.2. The fourth-order valence-electron chi connectivity index (χ4n) is 3.07. The number of piperidine rings is 1. The van der Waals surface area contributed by atoms with Gasteiger partial charge in [-0.05, 0) is 45.2 Å². The van der Waals surface area contributed by atoms with Crippen molar-refractivity contribution in [3.8, 4) is 0 Å². The molecule has 0 bridgehead atoms. The first-order chi connectivity index (χ1) is 9.32. The lowest BCUT2D eigenvalue weighted by molar-refractivity contribution is 0.294. The van der Waals surface area contributed by atoms with Crippen molar-refractivity contribution in [1.82, 2.24) is 25.1 Å². The third kappa shape index (κ3) is 1.80. The van der Waals surface area contributed by atoms with Gasteiger partial charge >= 0.3 is 0 Å². The van der Waals surface area contributed by atoms with E-state index in [1.165, 1.54) is 30.7 Å². The van der Waals surface area contributed by atoms with Crippen LogP contribution in [-0.4, -0.2) is 32.9 Å². The van der Waals surface area contributed by atoms with Crippen LogP contribution in [0, 0.1) is 0 Å². The Balaban J connectivity index is 1.77. The van der Waals surface area contributed by atoms with Crippen LogP contribution < -0.4 is 5.32 Å². The molecule has 5 nitrogen and oxygen atoms in total. The van der Waals surface area contributed by atoms with Gasteiger partial charge in [-0.3, -0.25) is 0 Å². The average Bonchev–Trinajstić information content (AvgIpc) is 3.07. The molecule has 1 N–H and O–H groups in total. The highest BCUT2D eigenvalue weighted by atomic mass is 32.1. The molecule has 1 saturated carbocycles. The molecule has 2 aromatic heterocycles. The standard InChI is InChI=1S/C13H19N5S/c1-2-13(5-7-14-8-6-13)11-17-18-10(9-3-4-9)15-16-12(18)19-11/h9,14H,2-8H2,1H3. The van der Waals surface area contributed by atoms with Gasteiger partial charge < -0.3 is 5.32 Å². The molecule has 1 aliphatic heterocycles. The predicted octanol–water partition coefficient (Wildman–Crippen LogP) is 2.09. The molecule has 6 heteroatoms. The lowest BCUT2D eigenvalue weighted by Gasteiger charge is -2.34. The van der Waals surface area contributed by atoms with Gasteiger partial charge in [-0.15, -0.1) is 10.2 Å². The highest BCUT2D eigenvalue weighted by molar-refractivity contribution is 7.16. The summed E-state index contributed by atoms with van der Waals surface area (Å²) >= 11 is 1.74. The first-order valence-electron chi connectivity index (χ1n) is 7.26. The molecule has 0 atom stereocenters. The summed E-state index contributed by atoms with van der Waals surface area (Å²) in [6, 6.07) is 0. The van der Waals surface area contributed by atoms with Crippen molar-refractivity contribution in [2.24, 2.45) is 0 Å². The van der Waals surface area contributed by atoms with Crippen LogP contribution in [0.1, 0.15) is 55.8 Å². The van der Waals surface area contributed by atoms with Crippen LogP contribution in [0.25, 0.3) is 4.96 Å². The van der Waals surface area contributed by atoms with Crippen molar-refractivity contribution < 1.29 is 0 Å². The number of rotatable bonds is 3. The van der Waals surface area contributed by atoms with Crippen LogP contribution in [0.15, 0.2) is 0 Å². The summed E-state index contributed by atoms with van der Waals surface area (Å²) < 4.78 is 2.01. The second-order valence-corrected chi connectivity index (χ2v) is 6.77. The molecule has 0 amide bonds. The molecular formula is C13H19N5S. The minimum atomic E-state index is 0.261. The summed E-state index contributed by atoms with van der Waals surface area (Å²) in [5.41, 5.74) is 0.261. The van der Waals surface area contributed by atoms with Gasteiger partial charge in [0.1, 0.15) is 5.01 Å². The van der Waals surface area contributed by atoms with Crippen LogP contribution >= 0.6 is 11.3 Å². The van der Waals surface area contributed by atoms with Crippen molar-refractivity contribution in [2.75, 3.05) is 13.1 Å². The quantitative estimate of drug-likeness (QED) is 0.933. The molecule has 3 heterocycles. The van der Waals surface area contributed by atoms with Gasteiger partial charge in [0.25, 0.3) is 0 Å². The van der Waals surface area contributed by atoms with Crippen LogP contribution in [0.5, 0.6) is 0 Å². The summed E-state index contributed by atoms with van der Waals surface area (Å²) in [5.74, 6) is 1.69. The Morgan fingerprint density at radius 2 is 2.11 bits per heavy atom. The number of hydrogen-bond acceptors (Lipinski definition) is 5. The fourth-order valence-corrected chi connectivity index (χ4v) is 4.23. The molecule has 1 saturated heterocycles. The summed E-state index contributed by atoms with van der Waals surface area (Å²) in [6.45, 7) is 4.49. The number of aromatic nitrogens is 4. The van der Waals surface area contributed by atoms with Crippen LogP contribution in [0.4, 0.5) is 0 Å². The van der Waals surface area contributed by atoms with Gasteiger partial charge in [0, 0.05) is 11.3 Å². The van der Waals surface area contributed by atoms with Gasteiger partial charge in [0.2, 0.25) is 4.96 Å². The molecule has 0 unspecified atom stereocenters. The Hall–Kier alpha value is -1.01. The van der Waals surface area contributed by atoms with Gasteiger partial charge in [0.15, 0.2) is 5.82 Å². The van der Waals surface area contributed by atoms with Crippen molar-refractivity contribution in [1.29, 1.82) is 0 Å². The molecule has 1 aliphatic carbocycles. The smallest absolute Gasteiger partial charge is 0.234 e. The lowest BCUT2D eigenvalue weighted by atomic mass is 9.77. The molecule has 2 aliphatic rings. The molecule has 102 valence electrons. The van der Waals surface area contributed by atoms with E-state index < -0.39 is 0 Å². The molecule has 19 heavy (non-hydrogen) atoms. The van der Waals surface area contributed by atoms with Gasteiger partial charge in [0.05, 0.1) is 0 Å². The van der Waals surface area contributed by atoms with Crippen LogP contribution in [-0.2, 0) is 5.41 Å².